The van der Waals surface area contributed by atoms with E-state index in [-0.39, 0.29) is 22.8 Å². The summed E-state index contributed by atoms with van der Waals surface area (Å²) in [6, 6.07) is 13.1. The number of amides is 2. The third kappa shape index (κ3) is 5.37. The number of carbonyl (C=O) groups is 2. The van der Waals surface area contributed by atoms with Crippen molar-refractivity contribution in [2.75, 3.05) is 31.5 Å². The zero-order valence-electron chi connectivity index (χ0n) is 23.8. The molecule has 2 aliphatic heterocycles. The molecule has 41 heavy (non-hydrogen) atoms. The Kier molecular flexibility index (Phi) is 7.81. The second-order valence-electron chi connectivity index (χ2n) is 12.6. The van der Waals surface area contributed by atoms with Crippen LogP contribution in [-0.2, 0) is 10.2 Å². The van der Waals surface area contributed by atoms with Gasteiger partial charge in [-0.1, -0.05) is 69.2 Å². The van der Waals surface area contributed by atoms with Crippen molar-refractivity contribution < 1.29 is 24.2 Å². The highest BCUT2D eigenvalue weighted by atomic mass is 19.1. The molecular formula is C33H42FN3O4. The van der Waals surface area contributed by atoms with Crippen molar-refractivity contribution in [3.05, 3.63) is 65.0 Å². The molecule has 2 atom stereocenters. The van der Waals surface area contributed by atoms with Gasteiger partial charge in [-0.3, -0.25) is 9.59 Å². The molecule has 2 saturated carbocycles. The summed E-state index contributed by atoms with van der Waals surface area (Å²) < 4.78 is 15.8. The van der Waals surface area contributed by atoms with Gasteiger partial charge in [0.15, 0.2) is 0 Å². The van der Waals surface area contributed by atoms with Crippen molar-refractivity contribution in [2.45, 2.75) is 93.8 Å². The maximum absolute atomic E-state index is 15.8. The summed E-state index contributed by atoms with van der Waals surface area (Å²) in [5.74, 6) is -1.60. The predicted molar refractivity (Wildman–Crippen MR) is 155 cm³/mol. The maximum Gasteiger partial charge on any atom is 0.256 e. The zero-order valence-corrected chi connectivity index (χ0v) is 23.8. The number of nitrogens with one attached hydrogen (secondary N) is 1. The number of nitrogens with zero attached hydrogens (tertiary/aromatic N) is 2. The summed E-state index contributed by atoms with van der Waals surface area (Å²) in [5, 5.41) is 25.0. The number of aliphatic hydroxyl groups excluding tert-OH is 1. The SMILES string of the molecule is O=C(c1ccc(C2C(O)Nc3ccccc3C23CCCCCCCCC3)cc1F)N1CCN(C(=O)C2(O)CC2)CC1. The highest BCUT2D eigenvalue weighted by Gasteiger charge is 2.51. The summed E-state index contributed by atoms with van der Waals surface area (Å²) >= 11 is 0. The number of anilines is 1. The van der Waals surface area contributed by atoms with E-state index in [4.69, 9.17) is 0 Å². The van der Waals surface area contributed by atoms with Gasteiger partial charge in [-0.25, -0.2) is 4.39 Å². The first-order valence-corrected chi connectivity index (χ1v) is 15.5. The normalized spacial score (nSPS) is 25.6. The maximum atomic E-state index is 15.8. The van der Waals surface area contributed by atoms with E-state index in [1.54, 1.807) is 15.9 Å². The largest absolute Gasteiger partial charge is 0.380 e. The lowest BCUT2D eigenvalue weighted by Crippen LogP contribution is -2.53. The van der Waals surface area contributed by atoms with Crippen LogP contribution in [0.25, 0.3) is 0 Å². The monoisotopic (exact) mass is 563 g/mol. The second kappa shape index (κ2) is 11.4. The van der Waals surface area contributed by atoms with Crippen molar-refractivity contribution in [3.8, 4) is 0 Å². The molecule has 220 valence electrons. The minimum Gasteiger partial charge on any atom is -0.380 e. The molecule has 0 aromatic heterocycles. The van der Waals surface area contributed by atoms with Crippen molar-refractivity contribution >= 4 is 17.5 Å². The van der Waals surface area contributed by atoms with E-state index in [0.717, 1.165) is 44.2 Å². The van der Waals surface area contributed by atoms with Crippen LogP contribution in [0.3, 0.4) is 0 Å². The summed E-state index contributed by atoms with van der Waals surface area (Å²) in [5.41, 5.74) is 1.31. The lowest BCUT2D eigenvalue weighted by molar-refractivity contribution is -0.143. The molecule has 3 N–H and O–H groups in total. The van der Waals surface area contributed by atoms with E-state index >= 15 is 4.39 Å². The average Bonchev–Trinajstić information content (AvgIpc) is 3.74. The fourth-order valence-corrected chi connectivity index (χ4v) is 7.53. The Bertz CT molecular complexity index is 1280. The van der Waals surface area contributed by atoms with Gasteiger partial charge >= 0.3 is 0 Å². The van der Waals surface area contributed by atoms with Gasteiger partial charge in [0.2, 0.25) is 0 Å². The fourth-order valence-electron chi connectivity index (χ4n) is 7.53. The first-order valence-electron chi connectivity index (χ1n) is 15.5. The lowest BCUT2D eigenvalue weighted by atomic mass is 9.59. The highest BCUT2D eigenvalue weighted by molar-refractivity contribution is 5.95. The number of hydrogen-bond donors (Lipinski definition) is 3. The molecule has 3 fully saturated rings. The van der Waals surface area contributed by atoms with Gasteiger partial charge < -0.3 is 25.3 Å². The minimum absolute atomic E-state index is 0.00742. The predicted octanol–water partition coefficient (Wildman–Crippen LogP) is 4.93. The molecule has 2 aliphatic carbocycles. The average molecular weight is 564 g/mol. The van der Waals surface area contributed by atoms with Crippen LogP contribution in [0.15, 0.2) is 42.5 Å². The molecule has 1 spiro atoms. The van der Waals surface area contributed by atoms with Crippen LogP contribution in [-0.4, -0.2) is 69.8 Å². The molecule has 2 amide bonds. The van der Waals surface area contributed by atoms with Crippen LogP contribution in [0.4, 0.5) is 10.1 Å². The molecular weight excluding hydrogens is 521 g/mol. The summed E-state index contributed by atoms with van der Waals surface area (Å²) in [4.78, 5) is 29.0. The number of para-hydroxylation sites is 1. The number of fused-ring (bicyclic) bond motifs is 2. The van der Waals surface area contributed by atoms with Gasteiger partial charge in [0, 0.05) is 43.2 Å². The number of carbonyl (C=O) groups excluding carboxylic acids is 2. The van der Waals surface area contributed by atoms with E-state index in [0.29, 0.717) is 44.6 Å². The molecule has 2 heterocycles. The van der Waals surface area contributed by atoms with Crippen molar-refractivity contribution in [1.82, 2.24) is 9.80 Å². The first kappa shape index (κ1) is 28.2. The smallest absolute Gasteiger partial charge is 0.256 e. The number of benzene rings is 2. The van der Waals surface area contributed by atoms with Crippen LogP contribution >= 0.6 is 0 Å². The number of halogens is 1. The van der Waals surface area contributed by atoms with Crippen LogP contribution < -0.4 is 5.32 Å². The molecule has 7 nitrogen and oxygen atoms in total. The van der Waals surface area contributed by atoms with Crippen LogP contribution in [0.2, 0.25) is 0 Å². The fraction of sp³-hybridized carbons (Fsp3) is 0.576. The lowest BCUT2D eigenvalue weighted by Gasteiger charge is -2.49. The summed E-state index contributed by atoms with van der Waals surface area (Å²) in [6.45, 7) is 1.25. The molecule has 0 bridgehead atoms. The Morgan fingerprint density at radius 2 is 1.44 bits per heavy atom. The van der Waals surface area contributed by atoms with Crippen LogP contribution in [0, 0.1) is 5.82 Å². The van der Waals surface area contributed by atoms with E-state index in [2.05, 4.69) is 17.4 Å². The standard InChI is InChI=1S/C33H42FN3O4/c34-26-22-23(12-13-24(26)30(39)36-18-20-37(21-19-36)31(40)33(41)16-17-33)28-29(38)35-27-11-7-6-10-25(27)32(28)14-8-4-2-1-3-5-9-15-32/h6-7,10-13,22,28-29,35,38,41H,1-5,8-9,14-21H2. The molecule has 0 radical (unpaired) electrons. The van der Waals surface area contributed by atoms with Gasteiger partial charge in [0.25, 0.3) is 11.8 Å². The molecule has 8 heteroatoms. The number of piperazine rings is 1. The number of aliphatic hydroxyl groups is 2. The Labute approximate surface area is 241 Å². The van der Waals surface area contributed by atoms with Crippen molar-refractivity contribution in [2.24, 2.45) is 0 Å². The molecule has 4 aliphatic rings. The van der Waals surface area contributed by atoms with Crippen LogP contribution in [0.1, 0.15) is 98.0 Å². The van der Waals surface area contributed by atoms with Gasteiger partial charge in [0.05, 0.1) is 5.56 Å². The van der Waals surface area contributed by atoms with Crippen LogP contribution in [0.5, 0.6) is 0 Å². The van der Waals surface area contributed by atoms with Gasteiger partial charge in [0.1, 0.15) is 17.6 Å². The van der Waals surface area contributed by atoms with E-state index in [9.17, 15) is 19.8 Å². The van der Waals surface area contributed by atoms with E-state index < -0.39 is 23.6 Å². The Morgan fingerprint density at radius 3 is 2.07 bits per heavy atom. The molecule has 2 aromatic rings. The van der Waals surface area contributed by atoms with E-state index in [1.807, 2.05) is 18.2 Å². The second-order valence-corrected chi connectivity index (χ2v) is 12.6. The third-order valence-corrected chi connectivity index (χ3v) is 9.98. The van der Waals surface area contributed by atoms with E-state index in [1.165, 1.54) is 30.9 Å². The Balaban J connectivity index is 1.26. The summed E-state index contributed by atoms with van der Waals surface area (Å²) in [7, 11) is 0. The van der Waals surface area contributed by atoms with Crippen molar-refractivity contribution in [1.29, 1.82) is 0 Å². The zero-order chi connectivity index (χ0) is 28.6. The first-order chi connectivity index (χ1) is 19.8. The highest BCUT2D eigenvalue weighted by Crippen LogP contribution is 2.54. The van der Waals surface area contributed by atoms with Gasteiger partial charge in [-0.2, -0.15) is 0 Å². The molecule has 2 aromatic carbocycles. The van der Waals surface area contributed by atoms with Gasteiger partial charge in [-0.05, 0) is 55.0 Å². The van der Waals surface area contributed by atoms with Gasteiger partial charge in [-0.15, -0.1) is 0 Å². The molecule has 6 rings (SSSR count). The topological polar surface area (TPSA) is 93.1 Å². The summed E-state index contributed by atoms with van der Waals surface area (Å²) in [6.07, 6.45) is 10.1. The molecule has 2 unspecified atom stereocenters. The molecule has 1 saturated heterocycles. The Hall–Kier alpha value is -2.97. The number of hydrogen-bond acceptors (Lipinski definition) is 5. The van der Waals surface area contributed by atoms with Crippen molar-refractivity contribution in [3.63, 3.8) is 0 Å². The number of rotatable bonds is 3. The Morgan fingerprint density at radius 1 is 0.829 bits per heavy atom. The minimum atomic E-state index is -1.22. The third-order valence-electron chi connectivity index (χ3n) is 9.98. The quantitative estimate of drug-likeness (QED) is 0.493.